The van der Waals surface area contributed by atoms with Crippen LogP contribution in [0.25, 0.3) is 10.9 Å². The van der Waals surface area contributed by atoms with Crippen LogP contribution in [0.2, 0.25) is 0 Å². The van der Waals surface area contributed by atoms with Crippen LogP contribution in [0.5, 0.6) is 0 Å². The molecule has 1 N–H and O–H groups in total. The number of benzene rings is 2. The molecule has 3 heteroatoms. The number of hydrogen-bond donors (Lipinski definition) is 1. The molecule has 25 heavy (non-hydrogen) atoms. The largest absolute Gasteiger partial charge is 0.315 e. The highest BCUT2D eigenvalue weighted by Gasteiger charge is 2.25. The number of nitrogens with zero attached hydrogens (tertiary/aromatic N) is 2. The average Bonchev–Trinajstić information content (AvgIpc) is 2.92. The highest BCUT2D eigenvalue weighted by atomic mass is 15.2. The van der Waals surface area contributed by atoms with Gasteiger partial charge >= 0.3 is 0 Å². The highest BCUT2D eigenvalue weighted by molar-refractivity contribution is 5.82. The lowest BCUT2D eigenvalue weighted by atomic mass is 9.93. The molecule has 0 saturated carbocycles. The minimum absolute atomic E-state index is 0.271. The smallest absolute Gasteiger partial charge is 0.0705 e. The highest BCUT2D eigenvalue weighted by Crippen LogP contribution is 2.33. The van der Waals surface area contributed by atoms with E-state index in [4.69, 9.17) is 0 Å². The molecular formula is C22H25N3. The summed E-state index contributed by atoms with van der Waals surface area (Å²) < 4.78 is 0. The Morgan fingerprint density at radius 3 is 2.84 bits per heavy atom. The second kappa shape index (κ2) is 7.34. The van der Waals surface area contributed by atoms with E-state index in [2.05, 4.69) is 76.7 Å². The molecule has 2 heterocycles. The molecule has 1 aromatic heterocycles. The van der Waals surface area contributed by atoms with Gasteiger partial charge in [0.2, 0.25) is 0 Å². The van der Waals surface area contributed by atoms with Crippen LogP contribution in [0.15, 0.2) is 60.8 Å². The molecule has 1 aliphatic heterocycles. The van der Waals surface area contributed by atoms with E-state index >= 15 is 0 Å². The third-order valence-corrected chi connectivity index (χ3v) is 5.08. The van der Waals surface area contributed by atoms with E-state index in [1.807, 2.05) is 6.20 Å². The number of pyridine rings is 1. The zero-order valence-electron chi connectivity index (χ0n) is 14.8. The quantitative estimate of drug-likeness (QED) is 0.788. The number of nitrogens with one attached hydrogen (secondary N) is 1. The van der Waals surface area contributed by atoms with Gasteiger partial charge in [-0.2, -0.15) is 0 Å². The second-order valence-electron chi connectivity index (χ2n) is 6.87. The zero-order valence-corrected chi connectivity index (χ0v) is 14.8. The van der Waals surface area contributed by atoms with Gasteiger partial charge in [-0.1, -0.05) is 48.0 Å². The van der Waals surface area contributed by atoms with Crippen molar-refractivity contribution in [1.29, 1.82) is 0 Å². The summed E-state index contributed by atoms with van der Waals surface area (Å²) in [6.45, 7) is 6.51. The third-order valence-electron chi connectivity index (χ3n) is 5.08. The number of para-hydroxylation sites is 1. The molecule has 4 rings (SSSR count). The normalized spacial score (nSPS) is 17.3. The van der Waals surface area contributed by atoms with Gasteiger partial charge in [-0.05, 0) is 43.1 Å². The van der Waals surface area contributed by atoms with Gasteiger partial charge < -0.3 is 5.32 Å². The number of aromatic nitrogens is 1. The van der Waals surface area contributed by atoms with E-state index in [-0.39, 0.29) is 6.04 Å². The predicted octanol–water partition coefficient (Wildman–Crippen LogP) is 3.93. The number of hydrogen-bond acceptors (Lipinski definition) is 3. The summed E-state index contributed by atoms with van der Waals surface area (Å²) in [6.07, 6.45) is 3.14. The average molecular weight is 331 g/mol. The minimum atomic E-state index is 0.271. The van der Waals surface area contributed by atoms with Gasteiger partial charge in [0.25, 0.3) is 0 Å². The molecule has 0 amide bonds. The van der Waals surface area contributed by atoms with Crippen molar-refractivity contribution < 1.29 is 0 Å². The van der Waals surface area contributed by atoms with Crippen molar-refractivity contribution in [3.05, 3.63) is 77.5 Å². The van der Waals surface area contributed by atoms with Crippen LogP contribution >= 0.6 is 0 Å². The van der Waals surface area contributed by atoms with Gasteiger partial charge in [-0.3, -0.25) is 9.88 Å². The summed E-state index contributed by atoms with van der Waals surface area (Å²) in [7, 11) is 0. The van der Waals surface area contributed by atoms with Crippen molar-refractivity contribution in [2.24, 2.45) is 0 Å². The van der Waals surface area contributed by atoms with E-state index in [1.54, 1.807) is 0 Å². The summed E-state index contributed by atoms with van der Waals surface area (Å²) in [5, 5.41) is 4.79. The molecule has 1 aliphatic rings. The van der Waals surface area contributed by atoms with Gasteiger partial charge in [0, 0.05) is 31.2 Å². The van der Waals surface area contributed by atoms with E-state index in [1.165, 1.54) is 28.5 Å². The second-order valence-corrected chi connectivity index (χ2v) is 6.87. The maximum absolute atomic E-state index is 4.57. The molecule has 0 radical (unpaired) electrons. The number of rotatable bonds is 3. The van der Waals surface area contributed by atoms with E-state index in [0.717, 1.165) is 31.7 Å². The van der Waals surface area contributed by atoms with Crippen LogP contribution in [0.4, 0.5) is 0 Å². The molecule has 0 bridgehead atoms. The zero-order chi connectivity index (χ0) is 17.1. The summed E-state index contributed by atoms with van der Waals surface area (Å²) in [5.41, 5.74) is 5.12. The van der Waals surface area contributed by atoms with Crippen LogP contribution in [0.3, 0.4) is 0 Å². The van der Waals surface area contributed by atoms with Crippen LogP contribution in [-0.4, -0.2) is 36.1 Å². The molecule has 0 spiro atoms. The van der Waals surface area contributed by atoms with Crippen molar-refractivity contribution in [3.63, 3.8) is 0 Å². The lowest BCUT2D eigenvalue weighted by Gasteiger charge is -2.32. The number of fused-ring (bicyclic) bond motifs is 1. The fourth-order valence-corrected chi connectivity index (χ4v) is 3.91. The van der Waals surface area contributed by atoms with Gasteiger partial charge in [0.1, 0.15) is 0 Å². The van der Waals surface area contributed by atoms with Gasteiger partial charge in [-0.25, -0.2) is 0 Å². The van der Waals surface area contributed by atoms with Crippen LogP contribution < -0.4 is 5.32 Å². The maximum Gasteiger partial charge on any atom is 0.0705 e. The summed E-state index contributed by atoms with van der Waals surface area (Å²) >= 11 is 0. The van der Waals surface area contributed by atoms with Crippen LogP contribution in [0.1, 0.15) is 29.2 Å². The first kappa shape index (κ1) is 16.2. The standard InChI is InChI=1S/C22H25N3/c1-17-6-4-7-18(16-17)22(25-14-5-11-23-13-15-25)20-10-12-24-21-9-3-2-8-19(20)21/h2-4,6-10,12,16,22-23H,5,11,13-15H2,1H3. The fraction of sp³-hybridized carbons (Fsp3) is 0.318. The molecule has 1 fully saturated rings. The molecule has 0 aliphatic carbocycles. The van der Waals surface area contributed by atoms with Crippen LogP contribution in [-0.2, 0) is 0 Å². The minimum Gasteiger partial charge on any atom is -0.315 e. The molecule has 3 aromatic rings. The molecule has 1 saturated heterocycles. The van der Waals surface area contributed by atoms with Crippen molar-refractivity contribution in [1.82, 2.24) is 15.2 Å². The first-order valence-electron chi connectivity index (χ1n) is 9.18. The molecular weight excluding hydrogens is 306 g/mol. The van der Waals surface area contributed by atoms with Crippen molar-refractivity contribution >= 4 is 10.9 Å². The Balaban J connectivity index is 1.87. The first-order valence-corrected chi connectivity index (χ1v) is 9.18. The fourth-order valence-electron chi connectivity index (χ4n) is 3.91. The summed E-state index contributed by atoms with van der Waals surface area (Å²) in [6, 6.07) is 19.9. The van der Waals surface area contributed by atoms with E-state index in [9.17, 15) is 0 Å². The Bertz CT molecular complexity index is 845. The van der Waals surface area contributed by atoms with Crippen molar-refractivity contribution in [2.75, 3.05) is 26.2 Å². The Labute approximate surface area is 149 Å². The lowest BCUT2D eigenvalue weighted by molar-refractivity contribution is 0.242. The Morgan fingerprint density at radius 1 is 1.00 bits per heavy atom. The summed E-state index contributed by atoms with van der Waals surface area (Å²) in [5.74, 6) is 0. The topological polar surface area (TPSA) is 28.2 Å². The Kier molecular flexibility index (Phi) is 4.77. The third kappa shape index (κ3) is 3.44. The lowest BCUT2D eigenvalue weighted by Crippen LogP contribution is -2.33. The van der Waals surface area contributed by atoms with E-state index < -0.39 is 0 Å². The molecule has 3 nitrogen and oxygen atoms in total. The van der Waals surface area contributed by atoms with E-state index in [0.29, 0.717) is 0 Å². The van der Waals surface area contributed by atoms with Gasteiger partial charge in [-0.15, -0.1) is 0 Å². The van der Waals surface area contributed by atoms with Crippen molar-refractivity contribution in [3.8, 4) is 0 Å². The van der Waals surface area contributed by atoms with Crippen molar-refractivity contribution in [2.45, 2.75) is 19.4 Å². The van der Waals surface area contributed by atoms with Gasteiger partial charge in [0.15, 0.2) is 0 Å². The molecule has 128 valence electrons. The monoisotopic (exact) mass is 331 g/mol. The summed E-state index contributed by atoms with van der Waals surface area (Å²) in [4.78, 5) is 7.19. The van der Waals surface area contributed by atoms with Gasteiger partial charge in [0.05, 0.1) is 11.6 Å². The van der Waals surface area contributed by atoms with Crippen LogP contribution in [0, 0.1) is 6.92 Å². The Morgan fingerprint density at radius 2 is 1.92 bits per heavy atom. The Hall–Kier alpha value is -2.23. The maximum atomic E-state index is 4.57. The molecule has 2 aromatic carbocycles. The molecule has 1 atom stereocenters. The molecule has 1 unspecified atom stereocenters. The number of aryl methyl sites for hydroxylation is 1. The SMILES string of the molecule is Cc1cccc(C(c2ccnc3ccccc23)N2CCCNCC2)c1. The predicted molar refractivity (Wildman–Crippen MR) is 104 cm³/mol. The first-order chi connectivity index (χ1) is 12.3.